The van der Waals surface area contributed by atoms with Crippen LogP contribution in [0.15, 0.2) is 42.5 Å². The van der Waals surface area contributed by atoms with E-state index in [-0.39, 0.29) is 23.8 Å². The Morgan fingerprint density at radius 1 is 1.07 bits per heavy atom. The molecule has 3 aromatic rings. The summed E-state index contributed by atoms with van der Waals surface area (Å²) < 4.78 is 43.2. The molecule has 0 N–H and O–H groups in total. The summed E-state index contributed by atoms with van der Waals surface area (Å²) >= 11 is 0. The standard InChI is InChI=1S/C21H18F3N3O/c1-13(28)26-10-9-20-17(11-26)21(14-5-7-15(22)8-6-14)25-27(20)12-16-18(23)3-2-4-19(16)24/h2-8H,9-12H2,1H3. The number of aromatic nitrogens is 2. The Balaban J connectivity index is 1.81. The van der Waals surface area contributed by atoms with Crippen LogP contribution in [0, 0.1) is 17.5 Å². The Bertz CT molecular complexity index is 1020. The molecule has 0 saturated heterocycles. The van der Waals surface area contributed by atoms with Gasteiger partial charge in [-0.15, -0.1) is 0 Å². The van der Waals surface area contributed by atoms with Crippen LogP contribution in [0.5, 0.6) is 0 Å². The molecule has 1 amide bonds. The van der Waals surface area contributed by atoms with E-state index in [0.717, 1.165) is 11.3 Å². The number of halogens is 3. The summed E-state index contributed by atoms with van der Waals surface area (Å²) in [5.41, 5.74) is 2.88. The van der Waals surface area contributed by atoms with Crippen LogP contribution in [0.25, 0.3) is 11.3 Å². The largest absolute Gasteiger partial charge is 0.338 e. The van der Waals surface area contributed by atoms with Gasteiger partial charge in [0.1, 0.15) is 17.5 Å². The number of fused-ring (bicyclic) bond motifs is 1. The van der Waals surface area contributed by atoms with Crippen molar-refractivity contribution in [3.63, 3.8) is 0 Å². The molecule has 7 heteroatoms. The van der Waals surface area contributed by atoms with E-state index < -0.39 is 11.6 Å². The first-order chi connectivity index (χ1) is 13.4. The number of amides is 1. The summed E-state index contributed by atoms with van der Waals surface area (Å²) in [6.07, 6.45) is 0.527. The second-order valence-corrected chi connectivity index (χ2v) is 6.83. The minimum atomic E-state index is -0.631. The molecule has 1 aliphatic rings. The molecule has 2 heterocycles. The van der Waals surface area contributed by atoms with Gasteiger partial charge in [0.2, 0.25) is 5.91 Å². The van der Waals surface area contributed by atoms with Gasteiger partial charge in [-0.1, -0.05) is 6.07 Å². The average Bonchev–Trinajstić information content (AvgIpc) is 3.03. The van der Waals surface area contributed by atoms with Crippen molar-refractivity contribution in [2.24, 2.45) is 0 Å². The van der Waals surface area contributed by atoms with E-state index in [1.54, 1.807) is 21.7 Å². The highest BCUT2D eigenvalue weighted by molar-refractivity contribution is 5.74. The van der Waals surface area contributed by atoms with Gasteiger partial charge in [0, 0.05) is 48.8 Å². The number of hydrogen-bond donors (Lipinski definition) is 0. The van der Waals surface area contributed by atoms with Crippen molar-refractivity contribution in [1.82, 2.24) is 14.7 Å². The predicted molar refractivity (Wildman–Crippen MR) is 97.9 cm³/mol. The van der Waals surface area contributed by atoms with E-state index in [9.17, 15) is 18.0 Å². The molecule has 1 aromatic heterocycles. The molecule has 2 aromatic carbocycles. The molecule has 0 bridgehead atoms. The van der Waals surface area contributed by atoms with E-state index in [1.165, 1.54) is 37.3 Å². The van der Waals surface area contributed by atoms with Gasteiger partial charge in [0.05, 0.1) is 12.2 Å². The van der Waals surface area contributed by atoms with Crippen LogP contribution >= 0.6 is 0 Å². The van der Waals surface area contributed by atoms with Crippen LogP contribution in [-0.4, -0.2) is 27.1 Å². The maximum atomic E-state index is 14.1. The zero-order valence-electron chi connectivity index (χ0n) is 15.3. The van der Waals surface area contributed by atoms with Crippen LogP contribution in [-0.2, 0) is 24.3 Å². The first-order valence-corrected chi connectivity index (χ1v) is 8.97. The molecule has 0 aliphatic carbocycles. The maximum absolute atomic E-state index is 14.1. The molecular formula is C21H18F3N3O. The zero-order valence-corrected chi connectivity index (χ0v) is 15.3. The van der Waals surface area contributed by atoms with Gasteiger partial charge in [-0.05, 0) is 36.4 Å². The number of benzene rings is 2. The highest BCUT2D eigenvalue weighted by Gasteiger charge is 2.27. The normalized spacial score (nSPS) is 13.5. The minimum absolute atomic E-state index is 0.0522. The van der Waals surface area contributed by atoms with Gasteiger partial charge in [0.15, 0.2) is 0 Å². The Labute approximate surface area is 160 Å². The highest BCUT2D eigenvalue weighted by atomic mass is 19.1. The van der Waals surface area contributed by atoms with E-state index in [4.69, 9.17) is 0 Å². The van der Waals surface area contributed by atoms with Crippen LogP contribution in [0.2, 0.25) is 0 Å². The third kappa shape index (κ3) is 3.28. The average molecular weight is 385 g/mol. The fourth-order valence-electron chi connectivity index (χ4n) is 3.56. The van der Waals surface area contributed by atoms with Gasteiger partial charge in [0.25, 0.3) is 0 Å². The summed E-state index contributed by atoms with van der Waals surface area (Å²) in [5, 5.41) is 4.59. The number of rotatable bonds is 3. The summed E-state index contributed by atoms with van der Waals surface area (Å²) in [7, 11) is 0. The first kappa shape index (κ1) is 18.3. The van der Waals surface area contributed by atoms with Gasteiger partial charge < -0.3 is 4.90 Å². The smallest absolute Gasteiger partial charge is 0.219 e. The molecule has 0 spiro atoms. The molecule has 0 unspecified atom stereocenters. The molecule has 4 nitrogen and oxygen atoms in total. The van der Waals surface area contributed by atoms with Crippen molar-refractivity contribution in [1.29, 1.82) is 0 Å². The summed E-state index contributed by atoms with van der Waals surface area (Å²) in [4.78, 5) is 13.5. The van der Waals surface area contributed by atoms with E-state index in [0.29, 0.717) is 30.8 Å². The Hall–Kier alpha value is -3.09. The van der Waals surface area contributed by atoms with Gasteiger partial charge in [-0.25, -0.2) is 13.2 Å². The number of carbonyl (C=O) groups is 1. The van der Waals surface area contributed by atoms with Crippen molar-refractivity contribution in [2.75, 3.05) is 6.54 Å². The van der Waals surface area contributed by atoms with Crippen molar-refractivity contribution in [3.8, 4) is 11.3 Å². The molecule has 0 atom stereocenters. The molecule has 144 valence electrons. The SMILES string of the molecule is CC(=O)N1CCc2c(c(-c3ccc(F)cc3)nn2Cc2c(F)cccc2F)C1. The third-order valence-corrected chi connectivity index (χ3v) is 5.07. The monoisotopic (exact) mass is 385 g/mol. The van der Waals surface area contributed by atoms with Crippen LogP contribution in [0.4, 0.5) is 13.2 Å². The quantitative estimate of drug-likeness (QED) is 0.685. The lowest BCUT2D eigenvalue weighted by Crippen LogP contribution is -2.34. The molecular weight excluding hydrogens is 367 g/mol. The minimum Gasteiger partial charge on any atom is -0.338 e. The summed E-state index contributed by atoms with van der Waals surface area (Å²) in [6.45, 7) is 2.32. The van der Waals surface area contributed by atoms with Crippen molar-refractivity contribution < 1.29 is 18.0 Å². The second-order valence-electron chi connectivity index (χ2n) is 6.83. The molecule has 28 heavy (non-hydrogen) atoms. The van der Waals surface area contributed by atoms with Crippen LogP contribution < -0.4 is 0 Å². The first-order valence-electron chi connectivity index (χ1n) is 8.97. The lowest BCUT2D eigenvalue weighted by molar-refractivity contribution is -0.129. The van der Waals surface area contributed by atoms with Gasteiger partial charge >= 0.3 is 0 Å². The van der Waals surface area contributed by atoms with E-state index >= 15 is 0 Å². The maximum Gasteiger partial charge on any atom is 0.219 e. The van der Waals surface area contributed by atoms with Gasteiger partial charge in [-0.3, -0.25) is 9.48 Å². The van der Waals surface area contributed by atoms with E-state index in [2.05, 4.69) is 5.10 Å². The summed E-state index contributed by atoms with van der Waals surface area (Å²) in [5.74, 6) is -1.68. The Morgan fingerprint density at radius 3 is 2.39 bits per heavy atom. The summed E-state index contributed by atoms with van der Waals surface area (Å²) in [6, 6.07) is 9.64. The second kappa shape index (κ2) is 7.14. The van der Waals surface area contributed by atoms with Crippen molar-refractivity contribution in [2.45, 2.75) is 26.4 Å². The highest BCUT2D eigenvalue weighted by Crippen LogP contribution is 2.31. The van der Waals surface area contributed by atoms with Crippen LogP contribution in [0.3, 0.4) is 0 Å². The van der Waals surface area contributed by atoms with Gasteiger partial charge in [-0.2, -0.15) is 5.10 Å². The number of nitrogens with zero attached hydrogens (tertiary/aromatic N) is 3. The molecule has 4 rings (SSSR count). The predicted octanol–water partition coefficient (Wildman–Crippen LogP) is 3.92. The molecule has 1 aliphatic heterocycles. The molecule has 0 saturated carbocycles. The molecule has 0 fully saturated rings. The third-order valence-electron chi connectivity index (χ3n) is 5.07. The Kier molecular flexibility index (Phi) is 4.66. The van der Waals surface area contributed by atoms with Crippen molar-refractivity contribution in [3.05, 3.63) is 76.7 Å². The number of carbonyl (C=O) groups excluding carboxylic acids is 1. The lowest BCUT2D eigenvalue weighted by atomic mass is 10.0. The fourth-order valence-corrected chi connectivity index (χ4v) is 3.56. The number of hydrogen-bond acceptors (Lipinski definition) is 2. The fraction of sp³-hybridized carbons (Fsp3) is 0.238. The topological polar surface area (TPSA) is 38.1 Å². The van der Waals surface area contributed by atoms with Crippen LogP contribution in [0.1, 0.15) is 23.7 Å². The zero-order chi connectivity index (χ0) is 19.8. The Morgan fingerprint density at radius 2 is 1.75 bits per heavy atom. The molecule has 0 radical (unpaired) electrons. The lowest BCUT2D eigenvalue weighted by Gasteiger charge is -2.27. The van der Waals surface area contributed by atoms with E-state index in [1.807, 2.05) is 0 Å². The van der Waals surface area contributed by atoms with Crippen molar-refractivity contribution >= 4 is 5.91 Å².